The van der Waals surface area contributed by atoms with E-state index in [0.717, 1.165) is 21.8 Å². The molecule has 8 heteroatoms. The monoisotopic (exact) mass is 431 g/mol. The molecule has 4 aromatic rings. The molecule has 0 aliphatic carbocycles. The van der Waals surface area contributed by atoms with E-state index in [9.17, 15) is 14.9 Å². The fraction of sp³-hybridized carbons (Fsp3) is 0.0435. The Morgan fingerprint density at radius 1 is 0.968 bits per heavy atom. The number of nitro groups is 1. The fourth-order valence-electron chi connectivity index (χ4n) is 3.09. The summed E-state index contributed by atoms with van der Waals surface area (Å²) in [5.41, 5.74) is 2.26. The number of hydrogen-bond donors (Lipinski definition) is 1. The highest BCUT2D eigenvalue weighted by Gasteiger charge is 2.22. The summed E-state index contributed by atoms with van der Waals surface area (Å²) in [6.45, 7) is 0. The van der Waals surface area contributed by atoms with E-state index < -0.39 is 10.8 Å². The molecule has 1 amide bonds. The smallest absolute Gasteiger partial charge is 0.282 e. The van der Waals surface area contributed by atoms with Gasteiger partial charge in [0.05, 0.1) is 22.6 Å². The number of amides is 1. The summed E-state index contributed by atoms with van der Waals surface area (Å²) in [6.07, 6.45) is 0. The molecule has 0 aliphatic heterocycles. The lowest BCUT2D eigenvalue weighted by Crippen LogP contribution is -2.13. The van der Waals surface area contributed by atoms with Crippen LogP contribution in [0.2, 0.25) is 0 Å². The van der Waals surface area contributed by atoms with E-state index in [0.29, 0.717) is 10.8 Å². The van der Waals surface area contributed by atoms with Crippen molar-refractivity contribution in [3.8, 4) is 27.4 Å². The number of nitro benzene ring substituents is 1. The predicted molar refractivity (Wildman–Crippen MR) is 121 cm³/mol. The van der Waals surface area contributed by atoms with Gasteiger partial charge in [0.25, 0.3) is 11.6 Å². The van der Waals surface area contributed by atoms with Gasteiger partial charge >= 0.3 is 0 Å². The molecule has 4 rings (SSSR count). The van der Waals surface area contributed by atoms with Crippen LogP contribution < -0.4 is 10.1 Å². The van der Waals surface area contributed by atoms with E-state index in [-0.39, 0.29) is 11.3 Å². The van der Waals surface area contributed by atoms with Gasteiger partial charge < -0.3 is 4.74 Å². The second-order valence-electron chi connectivity index (χ2n) is 6.52. The van der Waals surface area contributed by atoms with Crippen molar-refractivity contribution in [3.05, 3.63) is 94.5 Å². The second-order valence-corrected chi connectivity index (χ2v) is 7.52. The third-order valence-electron chi connectivity index (χ3n) is 4.59. The number of rotatable bonds is 6. The van der Waals surface area contributed by atoms with Crippen molar-refractivity contribution in [2.75, 3.05) is 12.4 Å². The van der Waals surface area contributed by atoms with Crippen molar-refractivity contribution < 1.29 is 14.5 Å². The van der Waals surface area contributed by atoms with E-state index in [4.69, 9.17) is 4.74 Å². The minimum absolute atomic E-state index is 0.0186. The van der Waals surface area contributed by atoms with Gasteiger partial charge in [0.2, 0.25) is 0 Å². The lowest BCUT2D eigenvalue weighted by atomic mass is 10.1. The van der Waals surface area contributed by atoms with E-state index in [1.165, 1.54) is 29.5 Å². The van der Waals surface area contributed by atoms with Crippen LogP contribution in [-0.2, 0) is 0 Å². The maximum absolute atomic E-state index is 12.8. The first kappa shape index (κ1) is 20.2. The van der Waals surface area contributed by atoms with E-state index in [2.05, 4.69) is 10.3 Å². The van der Waals surface area contributed by atoms with Gasteiger partial charge in [-0.3, -0.25) is 20.2 Å². The Labute approximate surface area is 182 Å². The first-order chi connectivity index (χ1) is 15.1. The number of aromatic nitrogens is 1. The maximum Gasteiger partial charge on any atom is 0.282 e. The molecular weight excluding hydrogens is 414 g/mol. The van der Waals surface area contributed by atoms with Crippen molar-refractivity contribution in [3.63, 3.8) is 0 Å². The van der Waals surface area contributed by atoms with Crippen molar-refractivity contribution in [1.29, 1.82) is 0 Å². The molecule has 0 atom stereocenters. The first-order valence-electron chi connectivity index (χ1n) is 9.32. The second kappa shape index (κ2) is 8.76. The molecule has 0 unspecified atom stereocenters. The summed E-state index contributed by atoms with van der Waals surface area (Å²) in [4.78, 5) is 28.9. The number of carbonyl (C=O) groups is 1. The van der Waals surface area contributed by atoms with E-state index in [1.807, 2.05) is 54.6 Å². The molecule has 0 spiro atoms. The fourth-order valence-corrected chi connectivity index (χ4v) is 4.08. The zero-order valence-electron chi connectivity index (χ0n) is 16.4. The van der Waals surface area contributed by atoms with Crippen molar-refractivity contribution in [2.45, 2.75) is 0 Å². The van der Waals surface area contributed by atoms with Crippen LogP contribution in [0.5, 0.6) is 5.75 Å². The molecule has 0 radical (unpaired) electrons. The van der Waals surface area contributed by atoms with Crippen LogP contribution in [0.15, 0.2) is 78.9 Å². The average Bonchev–Trinajstić information content (AvgIpc) is 3.23. The molecule has 0 saturated carbocycles. The van der Waals surface area contributed by atoms with Gasteiger partial charge in [-0.2, -0.15) is 0 Å². The number of nitrogens with zero attached hydrogens (tertiary/aromatic N) is 2. The molecule has 31 heavy (non-hydrogen) atoms. The predicted octanol–water partition coefficient (Wildman–Crippen LogP) is 5.65. The lowest BCUT2D eigenvalue weighted by Gasteiger charge is -2.04. The Kier molecular flexibility index (Phi) is 5.72. The highest BCUT2D eigenvalue weighted by molar-refractivity contribution is 7.19. The van der Waals surface area contributed by atoms with Gasteiger partial charge in [-0.25, -0.2) is 4.98 Å². The summed E-state index contributed by atoms with van der Waals surface area (Å²) in [5.74, 6) is 0.154. The number of nitrogens with one attached hydrogen (secondary N) is 1. The van der Waals surface area contributed by atoms with Crippen molar-refractivity contribution in [1.82, 2.24) is 4.98 Å². The Morgan fingerprint density at radius 3 is 2.32 bits per heavy atom. The summed E-state index contributed by atoms with van der Waals surface area (Å²) >= 11 is 1.30. The summed E-state index contributed by atoms with van der Waals surface area (Å²) in [7, 11) is 1.60. The number of ether oxygens (including phenoxy) is 1. The number of para-hydroxylation sites is 1. The molecule has 0 saturated heterocycles. The number of hydrogen-bond acceptors (Lipinski definition) is 6. The van der Waals surface area contributed by atoms with Gasteiger partial charge in [0.1, 0.15) is 11.3 Å². The summed E-state index contributed by atoms with van der Waals surface area (Å²) < 4.78 is 5.23. The molecule has 154 valence electrons. The maximum atomic E-state index is 12.8. The van der Waals surface area contributed by atoms with Crippen LogP contribution in [0.4, 0.5) is 10.8 Å². The topological polar surface area (TPSA) is 94.4 Å². The molecule has 0 bridgehead atoms. The zero-order chi connectivity index (χ0) is 21.8. The summed E-state index contributed by atoms with van der Waals surface area (Å²) in [6, 6.07) is 23.0. The molecule has 1 N–H and O–H groups in total. The minimum Gasteiger partial charge on any atom is -0.497 e. The van der Waals surface area contributed by atoms with Gasteiger partial charge in [-0.05, 0) is 35.9 Å². The normalized spacial score (nSPS) is 10.5. The molecule has 3 aromatic carbocycles. The highest BCUT2D eigenvalue weighted by Crippen LogP contribution is 2.39. The van der Waals surface area contributed by atoms with Crippen molar-refractivity contribution in [2.24, 2.45) is 0 Å². The third-order valence-corrected chi connectivity index (χ3v) is 5.61. The molecular formula is C23H17N3O4S. The minimum atomic E-state index is -0.582. The van der Waals surface area contributed by atoms with Crippen LogP contribution in [0.25, 0.3) is 21.7 Å². The average molecular weight is 431 g/mol. The highest BCUT2D eigenvalue weighted by atomic mass is 32.1. The quantitative estimate of drug-likeness (QED) is 0.315. The Morgan fingerprint density at radius 2 is 1.65 bits per heavy atom. The van der Waals surface area contributed by atoms with Gasteiger partial charge in [-0.15, -0.1) is 0 Å². The molecule has 0 fully saturated rings. The standard InChI is InChI=1S/C23H17N3O4S/c1-30-17-13-11-16(12-14-17)21-20(15-7-3-2-4-8-15)24-23(31-21)25-22(27)18-9-5-6-10-19(18)26(28)29/h2-14H,1H3,(H,24,25,27). The molecule has 0 aliphatic rings. The van der Waals surface area contributed by atoms with Gasteiger partial charge in [0.15, 0.2) is 5.13 Å². The molecule has 7 nitrogen and oxygen atoms in total. The number of thiazole rings is 1. The first-order valence-corrected chi connectivity index (χ1v) is 10.1. The van der Waals surface area contributed by atoms with Gasteiger partial charge in [-0.1, -0.05) is 53.8 Å². The summed E-state index contributed by atoms with van der Waals surface area (Å²) in [5, 5.41) is 14.3. The van der Waals surface area contributed by atoms with Crippen LogP contribution in [0.1, 0.15) is 10.4 Å². The number of carbonyl (C=O) groups excluding carboxylic acids is 1. The third kappa shape index (κ3) is 4.29. The SMILES string of the molecule is COc1ccc(-c2sc(NC(=O)c3ccccc3[N+](=O)[O-])nc2-c2ccccc2)cc1. The Hall–Kier alpha value is -4.04. The number of benzene rings is 3. The van der Waals surface area contributed by atoms with E-state index in [1.54, 1.807) is 13.2 Å². The van der Waals surface area contributed by atoms with Crippen LogP contribution >= 0.6 is 11.3 Å². The largest absolute Gasteiger partial charge is 0.497 e. The zero-order valence-corrected chi connectivity index (χ0v) is 17.3. The van der Waals surface area contributed by atoms with E-state index >= 15 is 0 Å². The molecule has 1 aromatic heterocycles. The number of anilines is 1. The van der Waals surface area contributed by atoms with Gasteiger partial charge in [0, 0.05) is 11.6 Å². The van der Waals surface area contributed by atoms with Crippen LogP contribution in [0, 0.1) is 10.1 Å². The van der Waals surface area contributed by atoms with Crippen molar-refractivity contribution >= 4 is 28.1 Å². The van der Waals surface area contributed by atoms with Crippen LogP contribution in [0.3, 0.4) is 0 Å². The molecule has 1 heterocycles. The Bertz CT molecular complexity index is 1240. The Balaban J connectivity index is 1.73. The number of methoxy groups -OCH3 is 1. The lowest BCUT2D eigenvalue weighted by molar-refractivity contribution is -0.385. The van der Waals surface area contributed by atoms with Crippen LogP contribution in [-0.4, -0.2) is 22.9 Å².